The van der Waals surface area contributed by atoms with Crippen molar-refractivity contribution in [3.8, 4) is 0 Å². The van der Waals surface area contributed by atoms with Gasteiger partial charge in [-0.1, -0.05) is 18.2 Å². The first kappa shape index (κ1) is 18.8. The Morgan fingerprint density at radius 2 is 1.65 bits per heavy atom. The second-order valence-corrected chi connectivity index (χ2v) is 5.54. The van der Waals surface area contributed by atoms with Gasteiger partial charge in [-0.05, 0) is 37.3 Å². The number of rotatable bonds is 6. The molecule has 8 nitrogen and oxygen atoms in total. The van der Waals surface area contributed by atoms with E-state index < -0.39 is 17.7 Å². The third-order valence-electron chi connectivity index (χ3n) is 3.30. The number of carbonyl (C=O) groups is 3. The molecule has 0 bridgehead atoms. The first-order chi connectivity index (χ1) is 12.4. The molecule has 0 spiro atoms. The summed E-state index contributed by atoms with van der Waals surface area (Å²) in [6.07, 6.45) is 0. The second-order valence-electron chi connectivity index (χ2n) is 5.54. The van der Waals surface area contributed by atoms with Gasteiger partial charge in [0.1, 0.15) is 5.69 Å². The van der Waals surface area contributed by atoms with Gasteiger partial charge in [0.05, 0.1) is 5.69 Å². The van der Waals surface area contributed by atoms with Gasteiger partial charge in [-0.2, -0.15) is 10.2 Å². The van der Waals surface area contributed by atoms with Gasteiger partial charge < -0.3 is 16.4 Å². The molecule has 0 heterocycles. The molecular formula is C18H19N5O3. The average Bonchev–Trinajstić information content (AvgIpc) is 2.57. The van der Waals surface area contributed by atoms with Crippen LogP contribution >= 0.6 is 0 Å². The highest BCUT2D eigenvalue weighted by atomic mass is 16.2. The van der Waals surface area contributed by atoms with Crippen LogP contribution in [0.5, 0.6) is 0 Å². The van der Waals surface area contributed by atoms with Crippen molar-refractivity contribution >= 4 is 40.3 Å². The molecule has 0 saturated heterocycles. The summed E-state index contributed by atoms with van der Waals surface area (Å²) in [5, 5.41) is 13.0. The van der Waals surface area contributed by atoms with E-state index in [2.05, 4.69) is 20.9 Å². The Bertz CT molecular complexity index is 849. The van der Waals surface area contributed by atoms with E-state index in [1.54, 1.807) is 30.3 Å². The van der Waals surface area contributed by atoms with Crippen molar-refractivity contribution in [3.63, 3.8) is 0 Å². The van der Waals surface area contributed by atoms with Crippen molar-refractivity contribution in [2.24, 2.45) is 10.2 Å². The highest BCUT2D eigenvalue weighted by molar-refractivity contribution is 6.10. The van der Waals surface area contributed by atoms with Gasteiger partial charge in [-0.25, -0.2) is 0 Å². The van der Waals surface area contributed by atoms with Crippen LogP contribution in [0.15, 0.2) is 58.8 Å². The number of nitrogens with two attached hydrogens (primary N) is 1. The Morgan fingerprint density at radius 1 is 0.962 bits per heavy atom. The molecule has 2 rings (SSSR count). The van der Waals surface area contributed by atoms with Crippen LogP contribution in [-0.4, -0.2) is 23.6 Å². The number of nitrogens with one attached hydrogen (secondary N) is 2. The van der Waals surface area contributed by atoms with Crippen LogP contribution in [-0.2, 0) is 14.4 Å². The molecule has 2 amide bonds. The summed E-state index contributed by atoms with van der Waals surface area (Å²) in [6.45, 7) is 2.64. The Hall–Kier alpha value is -3.55. The van der Waals surface area contributed by atoms with E-state index in [9.17, 15) is 14.4 Å². The van der Waals surface area contributed by atoms with Gasteiger partial charge >= 0.3 is 0 Å². The third kappa shape index (κ3) is 5.23. The molecule has 0 aliphatic heterocycles. The number of hydrogen-bond acceptors (Lipinski definition) is 6. The van der Waals surface area contributed by atoms with Gasteiger partial charge in [-0.3, -0.25) is 14.4 Å². The smallest absolute Gasteiger partial charge is 0.258 e. The van der Waals surface area contributed by atoms with Gasteiger partial charge in [0.25, 0.3) is 5.91 Å². The average molecular weight is 353 g/mol. The number of para-hydroxylation sites is 1. The predicted molar refractivity (Wildman–Crippen MR) is 99.2 cm³/mol. The zero-order valence-electron chi connectivity index (χ0n) is 14.4. The van der Waals surface area contributed by atoms with Crippen molar-refractivity contribution < 1.29 is 14.4 Å². The molecule has 4 N–H and O–H groups in total. The highest BCUT2D eigenvalue weighted by Gasteiger charge is 2.23. The molecule has 0 saturated carbocycles. The van der Waals surface area contributed by atoms with E-state index in [1.807, 2.05) is 6.07 Å². The molecule has 2 aromatic rings. The van der Waals surface area contributed by atoms with Gasteiger partial charge in [-0.15, -0.1) is 0 Å². The van der Waals surface area contributed by atoms with Crippen LogP contribution in [0.25, 0.3) is 0 Å². The summed E-state index contributed by atoms with van der Waals surface area (Å²) in [6, 6.07) is 12.1. The lowest BCUT2D eigenvalue weighted by Gasteiger charge is -2.09. The number of hydrogen-bond donors (Lipinski definition) is 3. The van der Waals surface area contributed by atoms with Gasteiger partial charge in [0, 0.05) is 18.3 Å². The van der Waals surface area contributed by atoms with Crippen molar-refractivity contribution in [2.75, 3.05) is 16.4 Å². The normalized spacial score (nSPS) is 11.8. The Balaban J connectivity index is 2.15. The van der Waals surface area contributed by atoms with Crippen molar-refractivity contribution in [1.29, 1.82) is 0 Å². The molecule has 26 heavy (non-hydrogen) atoms. The molecular weight excluding hydrogens is 334 g/mol. The molecule has 1 atom stereocenters. The lowest BCUT2D eigenvalue weighted by Crippen LogP contribution is -2.31. The van der Waals surface area contributed by atoms with E-state index in [4.69, 9.17) is 5.73 Å². The maximum Gasteiger partial charge on any atom is 0.258 e. The molecule has 0 aliphatic rings. The molecule has 0 aromatic heterocycles. The lowest BCUT2D eigenvalue weighted by atomic mass is 10.2. The number of carbonyl (C=O) groups excluding carboxylic acids is 3. The van der Waals surface area contributed by atoms with E-state index in [0.29, 0.717) is 11.4 Å². The fourth-order valence-corrected chi connectivity index (χ4v) is 2.10. The summed E-state index contributed by atoms with van der Waals surface area (Å²) >= 11 is 0. The molecule has 0 radical (unpaired) electrons. The van der Waals surface area contributed by atoms with E-state index in [-0.39, 0.29) is 17.3 Å². The van der Waals surface area contributed by atoms with E-state index in [0.717, 1.165) is 0 Å². The standard InChI is InChI=1S/C18H19N5O3/c1-11(24)17(18(26)21-13-6-4-3-5-7-13)23-22-16-9-8-14(10-15(16)19)20-12(2)25/h3-10,17H,19H2,1-2H3,(H,20,25)(H,21,26). The lowest BCUT2D eigenvalue weighted by molar-refractivity contribution is -0.126. The number of benzene rings is 2. The maximum atomic E-state index is 12.3. The van der Waals surface area contributed by atoms with Crippen LogP contribution in [0.3, 0.4) is 0 Å². The number of nitrogen functional groups attached to an aromatic ring is 1. The number of ketones is 1. The molecule has 0 aliphatic carbocycles. The second kappa shape index (κ2) is 8.52. The van der Waals surface area contributed by atoms with Crippen molar-refractivity contribution in [2.45, 2.75) is 19.9 Å². The fourth-order valence-electron chi connectivity index (χ4n) is 2.10. The monoisotopic (exact) mass is 353 g/mol. The van der Waals surface area contributed by atoms with Gasteiger partial charge in [0.2, 0.25) is 11.9 Å². The minimum Gasteiger partial charge on any atom is -0.397 e. The first-order valence-electron chi connectivity index (χ1n) is 7.81. The zero-order chi connectivity index (χ0) is 19.1. The maximum absolute atomic E-state index is 12.3. The van der Waals surface area contributed by atoms with Crippen LogP contribution in [0.1, 0.15) is 13.8 Å². The molecule has 8 heteroatoms. The molecule has 2 aromatic carbocycles. The summed E-state index contributed by atoms with van der Waals surface area (Å²) in [5.74, 6) is -1.26. The molecule has 134 valence electrons. The highest BCUT2D eigenvalue weighted by Crippen LogP contribution is 2.26. The number of Topliss-reactive ketones (excluding diaryl/α,β-unsaturated/α-hetero) is 1. The van der Waals surface area contributed by atoms with Crippen LogP contribution < -0.4 is 16.4 Å². The zero-order valence-corrected chi connectivity index (χ0v) is 14.4. The Morgan fingerprint density at radius 3 is 2.23 bits per heavy atom. The van der Waals surface area contributed by atoms with Gasteiger partial charge in [0.15, 0.2) is 5.78 Å². The minimum absolute atomic E-state index is 0.229. The van der Waals surface area contributed by atoms with E-state index in [1.165, 1.54) is 26.0 Å². The van der Waals surface area contributed by atoms with Crippen LogP contribution in [0, 0.1) is 0 Å². The number of azo groups is 1. The number of anilines is 3. The fraction of sp³-hybridized carbons (Fsp3) is 0.167. The Kier molecular flexibility index (Phi) is 6.15. The number of amides is 2. The summed E-state index contributed by atoms with van der Waals surface area (Å²) in [5.41, 5.74) is 7.48. The largest absolute Gasteiger partial charge is 0.397 e. The van der Waals surface area contributed by atoms with Crippen molar-refractivity contribution in [3.05, 3.63) is 48.5 Å². The summed E-state index contributed by atoms with van der Waals surface area (Å²) < 4.78 is 0. The third-order valence-corrected chi connectivity index (χ3v) is 3.30. The first-order valence-corrected chi connectivity index (χ1v) is 7.81. The quantitative estimate of drug-likeness (QED) is 0.419. The van der Waals surface area contributed by atoms with Crippen LogP contribution in [0.2, 0.25) is 0 Å². The minimum atomic E-state index is -1.29. The molecule has 0 fully saturated rings. The van der Waals surface area contributed by atoms with E-state index >= 15 is 0 Å². The predicted octanol–water partition coefficient (Wildman–Crippen LogP) is 2.91. The summed E-state index contributed by atoms with van der Waals surface area (Å²) in [7, 11) is 0. The summed E-state index contributed by atoms with van der Waals surface area (Å²) in [4.78, 5) is 35.1. The Labute approximate surface area is 150 Å². The topological polar surface area (TPSA) is 126 Å². The van der Waals surface area contributed by atoms with Crippen LogP contribution in [0.4, 0.5) is 22.7 Å². The van der Waals surface area contributed by atoms with Crippen molar-refractivity contribution in [1.82, 2.24) is 0 Å². The SMILES string of the molecule is CC(=O)Nc1ccc(N=NC(C(C)=O)C(=O)Nc2ccccc2)c(N)c1. The number of nitrogens with zero attached hydrogens (tertiary/aromatic N) is 2. The molecule has 1 unspecified atom stereocenters.